The third kappa shape index (κ3) is 2.22. The van der Waals surface area contributed by atoms with Crippen molar-refractivity contribution in [2.24, 2.45) is 0 Å². The molecule has 1 aromatic heterocycles. The molecule has 18 heavy (non-hydrogen) atoms. The zero-order valence-corrected chi connectivity index (χ0v) is 11.1. The van der Waals surface area contributed by atoms with Gasteiger partial charge in [-0.15, -0.1) is 0 Å². The van der Waals surface area contributed by atoms with E-state index >= 15 is 0 Å². The molecule has 0 bridgehead atoms. The van der Waals surface area contributed by atoms with Crippen LogP contribution in [0.1, 0.15) is 18.4 Å². The van der Waals surface area contributed by atoms with Crippen molar-refractivity contribution in [2.75, 3.05) is 38.1 Å². The summed E-state index contributed by atoms with van der Waals surface area (Å²) in [5.41, 5.74) is 1.31. The first-order valence-corrected chi connectivity index (χ1v) is 6.96. The molecule has 4 heteroatoms. The third-order valence-corrected chi connectivity index (χ3v) is 4.12. The number of anilines is 1. The highest BCUT2D eigenvalue weighted by Crippen LogP contribution is 2.26. The van der Waals surface area contributed by atoms with E-state index < -0.39 is 0 Å². The van der Waals surface area contributed by atoms with Crippen LogP contribution in [-0.2, 0) is 6.54 Å². The fourth-order valence-corrected chi connectivity index (χ4v) is 3.23. The molecule has 0 aliphatic carbocycles. The van der Waals surface area contributed by atoms with Crippen LogP contribution in [0.2, 0.25) is 0 Å². The van der Waals surface area contributed by atoms with E-state index in [4.69, 9.17) is 0 Å². The minimum Gasteiger partial charge on any atom is -0.353 e. The van der Waals surface area contributed by atoms with Gasteiger partial charge in [-0.25, -0.2) is 4.98 Å². The van der Waals surface area contributed by atoms with E-state index in [1.54, 1.807) is 0 Å². The van der Waals surface area contributed by atoms with Crippen molar-refractivity contribution in [2.45, 2.75) is 25.4 Å². The Labute approximate surface area is 109 Å². The van der Waals surface area contributed by atoms with Gasteiger partial charge in [-0.2, -0.15) is 0 Å². The van der Waals surface area contributed by atoms with E-state index in [1.807, 2.05) is 19.3 Å². The second kappa shape index (κ2) is 5.24. The van der Waals surface area contributed by atoms with Gasteiger partial charge in [0.15, 0.2) is 0 Å². The molecule has 0 spiro atoms. The summed E-state index contributed by atoms with van der Waals surface area (Å²) in [4.78, 5) is 9.71. The number of hydrogen-bond donors (Lipinski definition) is 1. The molecule has 2 fully saturated rings. The van der Waals surface area contributed by atoms with Gasteiger partial charge in [0.05, 0.1) is 0 Å². The second-order valence-electron chi connectivity index (χ2n) is 5.29. The molecule has 3 rings (SSSR count). The molecule has 0 saturated carbocycles. The first kappa shape index (κ1) is 11.9. The molecule has 1 aromatic rings. The van der Waals surface area contributed by atoms with Crippen LogP contribution < -0.4 is 10.2 Å². The van der Waals surface area contributed by atoms with E-state index in [2.05, 4.69) is 26.2 Å². The fraction of sp³-hybridized carbons (Fsp3) is 0.643. The third-order valence-electron chi connectivity index (χ3n) is 4.12. The Kier molecular flexibility index (Phi) is 3.48. The summed E-state index contributed by atoms with van der Waals surface area (Å²) >= 11 is 0. The molecule has 2 aliphatic heterocycles. The molecule has 3 heterocycles. The predicted octanol–water partition coefficient (Wildman–Crippen LogP) is 1.09. The maximum atomic E-state index is 4.60. The lowest BCUT2D eigenvalue weighted by molar-refractivity contribution is 0.230. The van der Waals surface area contributed by atoms with Crippen LogP contribution in [0.25, 0.3) is 0 Å². The maximum Gasteiger partial charge on any atom is 0.133 e. The number of nitrogens with one attached hydrogen (secondary N) is 1. The summed E-state index contributed by atoms with van der Waals surface area (Å²) in [6, 6.07) is 4.96. The van der Waals surface area contributed by atoms with E-state index in [0.29, 0.717) is 0 Å². The van der Waals surface area contributed by atoms with Gasteiger partial charge in [0, 0.05) is 44.0 Å². The highest BCUT2D eigenvalue weighted by molar-refractivity contribution is 5.47. The summed E-state index contributed by atoms with van der Waals surface area (Å²) < 4.78 is 0. The molecule has 0 radical (unpaired) electrons. The summed E-state index contributed by atoms with van der Waals surface area (Å²) in [6.07, 6.45) is 4.63. The number of rotatable bonds is 3. The first-order chi connectivity index (χ1) is 8.88. The minimum absolute atomic E-state index is 0.753. The minimum atomic E-state index is 0.753. The monoisotopic (exact) mass is 246 g/mol. The molecule has 98 valence electrons. The van der Waals surface area contributed by atoms with Crippen LogP contribution in [0.15, 0.2) is 18.3 Å². The molecule has 1 atom stereocenters. The molecule has 2 aliphatic rings. The molecule has 2 saturated heterocycles. The van der Waals surface area contributed by atoms with Crippen LogP contribution >= 0.6 is 0 Å². The van der Waals surface area contributed by atoms with Crippen molar-refractivity contribution in [3.05, 3.63) is 23.9 Å². The Bertz CT molecular complexity index is 407. The molecule has 0 aromatic carbocycles. The Balaban J connectivity index is 1.78. The molecular formula is C14H22N4. The van der Waals surface area contributed by atoms with Crippen molar-refractivity contribution < 1.29 is 0 Å². The smallest absolute Gasteiger partial charge is 0.133 e. The van der Waals surface area contributed by atoms with Gasteiger partial charge in [-0.3, -0.25) is 4.90 Å². The van der Waals surface area contributed by atoms with Gasteiger partial charge in [0.25, 0.3) is 0 Å². The summed E-state index contributed by atoms with van der Waals surface area (Å²) in [5, 5.41) is 3.23. The maximum absolute atomic E-state index is 4.60. The number of pyridine rings is 1. The van der Waals surface area contributed by atoms with Gasteiger partial charge >= 0.3 is 0 Å². The van der Waals surface area contributed by atoms with Crippen molar-refractivity contribution in [3.63, 3.8) is 0 Å². The van der Waals surface area contributed by atoms with Crippen molar-refractivity contribution in [1.82, 2.24) is 15.2 Å². The lowest BCUT2D eigenvalue weighted by Crippen LogP contribution is -2.50. The normalized spacial score (nSPS) is 24.3. The Morgan fingerprint density at radius 1 is 1.39 bits per heavy atom. The highest BCUT2D eigenvalue weighted by atomic mass is 15.3. The summed E-state index contributed by atoms with van der Waals surface area (Å²) in [5.74, 6) is 1.18. The van der Waals surface area contributed by atoms with Crippen LogP contribution in [0.3, 0.4) is 0 Å². The number of aromatic nitrogens is 1. The van der Waals surface area contributed by atoms with Crippen LogP contribution in [0.5, 0.6) is 0 Å². The summed E-state index contributed by atoms with van der Waals surface area (Å²) in [6.45, 7) is 5.65. The number of fused-ring (bicyclic) bond motifs is 1. The van der Waals surface area contributed by atoms with Gasteiger partial charge in [0.1, 0.15) is 5.82 Å². The van der Waals surface area contributed by atoms with Crippen LogP contribution in [0.4, 0.5) is 5.82 Å². The highest BCUT2D eigenvalue weighted by Gasteiger charge is 2.31. The Hall–Kier alpha value is -1.13. The zero-order valence-electron chi connectivity index (χ0n) is 11.1. The first-order valence-electron chi connectivity index (χ1n) is 6.96. The van der Waals surface area contributed by atoms with Crippen LogP contribution in [0, 0.1) is 0 Å². The zero-order chi connectivity index (χ0) is 12.4. The average molecular weight is 246 g/mol. The molecule has 1 unspecified atom stereocenters. The summed E-state index contributed by atoms with van der Waals surface area (Å²) in [7, 11) is 1.99. The number of hydrogen-bond acceptors (Lipinski definition) is 4. The second-order valence-corrected chi connectivity index (χ2v) is 5.29. The largest absolute Gasteiger partial charge is 0.353 e. The van der Waals surface area contributed by atoms with E-state index in [9.17, 15) is 0 Å². The van der Waals surface area contributed by atoms with Crippen molar-refractivity contribution in [1.29, 1.82) is 0 Å². The van der Waals surface area contributed by atoms with E-state index in [1.165, 1.54) is 37.3 Å². The predicted molar refractivity (Wildman–Crippen MR) is 73.8 cm³/mol. The van der Waals surface area contributed by atoms with Crippen molar-refractivity contribution >= 4 is 5.82 Å². The topological polar surface area (TPSA) is 31.4 Å². The number of piperazine rings is 1. The molecule has 0 amide bonds. The quantitative estimate of drug-likeness (QED) is 0.865. The van der Waals surface area contributed by atoms with Gasteiger partial charge in [-0.1, -0.05) is 6.07 Å². The Morgan fingerprint density at radius 3 is 3.22 bits per heavy atom. The van der Waals surface area contributed by atoms with Crippen LogP contribution in [-0.4, -0.2) is 49.2 Å². The average Bonchev–Trinajstić information content (AvgIpc) is 2.87. The fourth-order valence-electron chi connectivity index (χ4n) is 3.23. The standard InChI is InChI=1S/C14H22N4/c1-15-10-12-4-2-6-16-14(12)18-9-8-17-7-3-5-13(17)11-18/h2,4,6,13,15H,3,5,7-11H2,1H3. The SMILES string of the molecule is CNCc1cccnc1N1CCN2CCCC2C1. The molecule has 1 N–H and O–H groups in total. The lowest BCUT2D eigenvalue weighted by atomic mass is 10.1. The van der Waals surface area contributed by atoms with Gasteiger partial charge in [0.2, 0.25) is 0 Å². The Morgan fingerprint density at radius 2 is 2.33 bits per heavy atom. The number of nitrogens with zero attached hydrogens (tertiary/aromatic N) is 3. The van der Waals surface area contributed by atoms with E-state index in [0.717, 1.165) is 25.7 Å². The van der Waals surface area contributed by atoms with Gasteiger partial charge in [-0.05, 0) is 32.5 Å². The molecular weight excluding hydrogens is 224 g/mol. The van der Waals surface area contributed by atoms with E-state index in [-0.39, 0.29) is 0 Å². The molecule has 4 nitrogen and oxygen atoms in total. The lowest BCUT2D eigenvalue weighted by Gasteiger charge is -2.38. The van der Waals surface area contributed by atoms with Gasteiger partial charge < -0.3 is 10.2 Å². The van der Waals surface area contributed by atoms with Crippen molar-refractivity contribution in [3.8, 4) is 0 Å².